The first kappa shape index (κ1) is 19.6. The number of nitrogens with one attached hydrogen (secondary N) is 1. The summed E-state index contributed by atoms with van der Waals surface area (Å²) in [5.41, 5.74) is 1.32. The number of fused-ring (bicyclic) bond motifs is 1. The van der Waals surface area contributed by atoms with Crippen molar-refractivity contribution in [2.75, 3.05) is 13.2 Å². The maximum atomic E-state index is 12.0. The molecule has 1 aromatic rings. The summed E-state index contributed by atoms with van der Waals surface area (Å²) in [5.74, 6) is 0.556. The fourth-order valence-corrected chi connectivity index (χ4v) is 3.00. The third kappa shape index (κ3) is 4.09. The number of amides is 1. The van der Waals surface area contributed by atoms with Crippen molar-refractivity contribution in [2.45, 2.75) is 52.2 Å². The summed E-state index contributed by atoms with van der Waals surface area (Å²) in [5, 5.41) is 2.81. The summed E-state index contributed by atoms with van der Waals surface area (Å²) >= 11 is 0. The molecule has 2 aliphatic heterocycles. The van der Waals surface area contributed by atoms with E-state index >= 15 is 0 Å². The van der Waals surface area contributed by atoms with Gasteiger partial charge in [-0.25, -0.2) is 0 Å². The molecule has 0 unspecified atom stereocenters. The molecule has 2 heterocycles. The number of rotatable bonds is 4. The maximum absolute atomic E-state index is 12.0. The van der Waals surface area contributed by atoms with E-state index in [1.165, 1.54) is 6.92 Å². The highest BCUT2D eigenvalue weighted by atomic mass is 16.7. The summed E-state index contributed by atoms with van der Waals surface area (Å²) in [7, 11) is -0.569. The highest BCUT2D eigenvalue weighted by molar-refractivity contribution is 6.56. The molecule has 0 bridgehead atoms. The number of ketones is 1. The first-order valence-corrected chi connectivity index (χ1v) is 9.20. The van der Waals surface area contributed by atoms with Gasteiger partial charge in [-0.05, 0) is 50.9 Å². The van der Waals surface area contributed by atoms with Crippen LogP contribution in [0.1, 0.15) is 57.0 Å². The lowest BCUT2D eigenvalue weighted by molar-refractivity contribution is -0.118. The second kappa shape index (κ2) is 7.13. The van der Waals surface area contributed by atoms with Crippen LogP contribution in [0.5, 0.6) is 5.75 Å². The molecule has 0 spiro atoms. The van der Waals surface area contributed by atoms with E-state index in [0.717, 1.165) is 11.0 Å². The minimum Gasteiger partial charge on any atom is -0.492 e. The Morgan fingerprint density at radius 1 is 1.22 bits per heavy atom. The molecule has 0 aromatic heterocycles. The SMILES string of the molecule is CC(=O)NCC(=Cc1ccc2c(c1)OCCC2=O)B1OC(C)(C)C(C)(C)O1. The van der Waals surface area contributed by atoms with Crippen molar-refractivity contribution in [3.63, 3.8) is 0 Å². The van der Waals surface area contributed by atoms with Crippen molar-refractivity contribution in [3.05, 3.63) is 34.8 Å². The third-order valence-corrected chi connectivity index (χ3v) is 5.34. The Morgan fingerprint density at radius 2 is 1.89 bits per heavy atom. The number of benzene rings is 1. The normalized spacial score (nSPS) is 20.9. The predicted molar refractivity (Wildman–Crippen MR) is 104 cm³/mol. The highest BCUT2D eigenvalue weighted by Gasteiger charge is 2.52. The van der Waals surface area contributed by atoms with Crippen molar-refractivity contribution in [1.82, 2.24) is 5.32 Å². The Labute approximate surface area is 160 Å². The molecule has 0 aliphatic carbocycles. The maximum Gasteiger partial charge on any atom is 0.492 e. The molecule has 7 heteroatoms. The number of hydrogen-bond acceptors (Lipinski definition) is 5. The standard InChI is InChI=1S/C20H26BNO5/c1-13(23)22-12-15(21-26-19(2,3)20(4,5)27-21)10-14-6-7-16-17(24)8-9-25-18(16)11-14/h6-7,10-11H,8-9,12H2,1-5H3,(H,22,23). The van der Waals surface area contributed by atoms with E-state index in [9.17, 15) is 9.59 Å². The molecule has 1 aromatic carbocycles. The fourth-order valence-electron chi connectivity index (χ4n) is 3.00. The zero-order valence-electron chi connectivity index (χ0n) is 16.5. The van der Waals surface area contributed by atoms with E-state index < -0.39 is 18.3 Å². The van der Waals surface area contributed by atoms with Gasteiger partial charge in [0, 0.05) is 19.9 Å². The van der Waals surface area contributed by atoms with Gasteiger partial charge in [-0.2, -0.15) is 0 Å². The lowest BCUT2D eigenvalue weighted by Gasteiger charge is -2.32. The monoisotopic (exact) mass is 371 g/mol. The molecule has 3 rings (SSSR count). The largest absolute Gasteiger partial charge is 0.492 e. The van der Waals surface area contributed by atoms with E-state index in [1.807, 2.05) is 45.9 Å². The van der Waals surface area contributed by atoms with Gasteiger partial charge >= 0.3 is 7.12 Å². The van der Waals surface area contributed by atoms with Gasteiger partial charge in [0.1, 0.15) is 5.75 Å². The smallest absolute Gasteiger partial charge is 0.492 e. The number of hydrogen-bond donors (Lipinski definition) is 1. The molecule has 0 radical (unpaired) electrons. The number of ether oxygens (including phenoxy) is 1. The molecule has 1 amide bonds. The van der Waals surface area contributed by atoms with Crippen LogP contribution in [0.15, 0.2) is 23.7 Å². The molecule has 6 nitrogen and oxygen atoms in total. The van der Waals surface area contributed by atoms with Crippen LogP contribution in [-0.2, 0) is 14.1 Å². The lowest BCUT2D eigenvalue weighted by Crippen LogP contribution is -2.41. The number of Topliss-reactive ketones (excluding diaryl/α,β-unsaturated/α-hetero) is 1. The molecule has 144 valence electrons. The highest BCUT2D eigenvalue weighted by Crippen LogP contribution is 2.39. The van der Waals surface area contributed by atoms with Gasteiger partial charge in [0.15, 0.2) is 5.78 Å². The van der Waals surface area contributed by atoms with E-state index in [2.05, 4.69) is 5.32 Å². The van der Waals surface area contributed by atoms with Crippen LogP contribution < -0.4 is 10.1 Å². The van der Waals surface area contributed by atoms with Gasteiger partial charge in [0.05, 0.1) is 23.4 Å². The molecule has 1 fully saturated rings. The molecule has 2 aliphatic rings. The lowest BCUT2D eigenvalue weighted by atomic mass is 9.77. The summed E-state index contributed by atoms with van der Waals surface area (Å²) in [6, 6.07) is 5.48. The Kier molecular flexibility index (Phi) is 5.19. The average molecular weight is 371 g/mol. The van der Waals surface area contributed by atoms with Gasteiger partial charge in [-0.3, -0.25) is 9.59 Å². The minimum absolute atomic E-state index is 0.0937. The van der Waals surface area contributed by atoms with Crippen LogP contribution in [0, 0.1) is 0 Å². The number of carbonyl (C=O) groups is 2. The van der Waals surface area contributed by atoms with Crippen molar-refractivity contribution in [2.24, 2.45) is 0 Å². The van der Waals surface area contributed by atoms with Crippen LogP contribution >= 0.6 is 0 Å². The predicted octanol–water partition coefficient (Wildman–Crippen LogP) is 2.80. The Hall–Kier alpha value is -2.12. The summed E-state index contributed by atoms with van der Waals surface area (Å²) < 4.78 is 17.9. The zero-order valence-corrected chi connectivity index (χ0v) is 16.5. The zero-order chi connectivity index (χ0) is 19.8. The van der Waals surface area contributed by atoms with Crippen LogP contribution in [0.2, 0.25) is 0 Å². The quantitative estimate of drug-likeness (QED) is 0.824. The van der Waals surface area contributed by atoms with Gasteiger partial charge in [0.25, 0.3) is 0 Å². The van der Waals surface area contributed by atoms with E-state index in [4.69, 9.17) is 14.0 Å². The molecule has 1 saturated heterocycles. The fraction of sp³-hybridized carbons (Fsp3) is 0.500. The minimum atomic E-state index is -0.569. The van der Waals surface area contributed by atoms with Crippen molar-refractivity contribution in [1.29, 1.82) is 0 Å². The van der Waals surface area contributed by atoms with Crippen LogP contribution in [0.4, 0.5) is 0 Å². The summed E-state index contributed by atoms with van der Waals surface area (Å²) in [6.45, 7) is 10.1. The second-order valence-electron chi connectivity index (χ2n) is 7.99. The first-order valence-electron chi connectivity index (χ1n) is 9.20. The molecule has 27 heavy (non-hydrogen) atoms. The molecular weight excluding hydrogens is 345 g/mol. The Bertz CT molecular complexity index is 784. The first-order chi connectivity index (χ1) is 12.6. The van der Waals surface area contributed by atoms with Crippen LogP contribution in [0.3, 0.4) is 0 Å². The van der Waals surface area contributed by atoms with E-state index in [-0.39, 0.29) is 11.7 Å². The van der Waals surface area contributed by atoms with Gasteiger partial charge in [-0.1, -0.05) is 12.1 Å². The van der Waals surface area contributed by atoms with Crippen LogP contribution in [0.25, 0.3) is 6.08 Å². The molecule has 0 saturated carbocycles. The Balaban J connectivity index is 1.91. The van der Waals surface area contributed by atoms with Gasteiger partial charge < -0.3 is 19.4 Å². The molecule has 0 atom stereocenters. The molecular formula is C20H26BNO5. The van der Waals surface area contributed by atoms with Crippen molar-refractivity contribution >= 4 is 24.9 Å². The molecule has 1 N–H and O–H groups in total. The number of carbonyl (C=O) groups excluding carboxylic acids is 2. The van der Waals surface area contributed by atoms with Gasteiger partial charge in [0.2, 0.25) is 5.91 Å². The average Bonchev–Trinajstić information content (AvgIpc) is 2.79. The second-order valence-corrected chi connectivity index (χ2v) is 7.99. The van der Waals surface area contributed by atoms with Crippen LogP contribution in [-0.4, -0.2) is 43.2 Å². The van der Waals surface area contributed by atoms with E-state index in [0.29, 0.717) is 30.9 Å². The third-order valence-electron chi connectivity index (χ3n) is 5.34. The van der Waals surface area contributed by atoms with Crippen molar-refractivity contribution < 1.29 is 23.6 Å². The Morgan fingerprint density at radius 3 is 2.52 bits per heavy atom. The van der Waals surface area contributed by atoms with E-state index in [1.54, 1.807) is 6.07 Å². The summed E-state index contributed by atoms with van der Waals surface area (Å²) in [4.78, 5) is 23.4. The van der Waals surface area contributed by atoms with Gasteiger partial charge in [-0.15, -0.1) is 0 Å². The topological polar surface area (TPSA) is 73.9 Å². The van der Waals surface area contributed by atoms with Crippen molar-refractivity contribution in [3.8, 4) is 5.75 Å². The summed E-state index contributed by atoms with van der Waals surface area (Å²) in [6.07, 6.45) is 2.32.